The number of benzene rings is 1. The first-order chi connectivity index (χ1) is 18.6. The molecule has 0 saturated heterocycles. The number of carboxylic acid groups (broad SMARTS) is 1. The monoisotopic (exact) mass is 565 g/mol. The molecule has 0 radical (unpaired) electrons. The van der Waals surface area contributed by atoms with Gasteiger partial charge in [0.25, 0.3) is 0 Å². The summed E-state index contributed by atoms with van der Waals surface area (Å²) in [5, 5.41) is 9.73. The van der Waals surface area contributed by atoms with Crippen molar-refractivity contribution >= 4 is 24.1 Å². The quantitative estimate of drug-likeness (QED) is 0.185. The normalized spacial score (nSPS) is 15.2. The highest BCUT2D eigenvalue weighted by molar-refractivity contribution is 5.77. The van der Waals surface area contributed by atoms with Gasteiger partial charge >= 0.3 is 24.1 Å². The van der Waals surface area contributed by atoms with Gasteiger partial charge in [-0.25, -0.2) is 4.79 Å². The summed E-state index contributed by atoms with van der Waals surface area (Å²) in [5.74, 6) is -3.43. The number of hydrogen-bond donors (Lipinski definition) is 2. The van der Waals surface area contributed by atoms with Crippen molar-refractivity contribution in [1.29, 1.82) is 0 Å². The standard InChI is InChI=1S/C30H47NO9/c1-9-18(4)14-24(32)38-22-13-12-21(16-23(22)39-25(33)15-19(5)10-2)26(27(31)28(34)35)20(6)17-37-29(36)40-30(7,8)11-3/h12-13,16,18-20,26-27H,9-11,14-15,17,31H2,1-8H3,(H,34,35)/t18?,19?,20?,26?,27-/m0/s1. The molecule has 5 atom stereocenters. The van der Waals surface area contributed by atoms with Gasteiger partial charge in [0, 0.05) is 18.8 Å². The Bertz CT molecular complexity index is 1010. The Kier molecular flexibility index (Phi) is 14.1. The zero-order valence-corrected chi connectivity index (χ0v) is 25.2. The Morgan fingerprint density at radius 2 is 1.43 bits per heavy atom. The maximum atomic E-state index is 12.7. The number of esters is 2. The van der Waals surface area contributed by atoms with Gasteiger partial charge in [0.05, 0.1) is 6.61 Å². The molecule has 3 N–H and O–H groups in total. The molecule has 0 saturated carbocycles. The Labute approximate surface area is 237 Å². The molecule has 0 aliphatic rings. The number of nitrogens with two attached hydrogens (primary N) is 1. The summed E-state index contributed by atoms with van der Waals surface area (Å²) in [6.07, 6.45) is 1.62. The van der Waals surface area contributed by atoms with Crippen molar-refractivity contribution in [1.82, 2.24) is 0 Å². The first-order valence-corrected chi connectivity index (χ1v) is 14.0. The molecule has 0 aliphatic heterocycles. The topological polar surface area (TPSA) is 151 Å². The van der Waals surface area contributed by atoms with Crippen LogP contribution in [0, 0.1) is 17.8 Å². The number of carbonyl (C=O) groups is 4. The van der Waals surface area contributed by atoms with Crippen LogP contribution in [0.2, 0.25) is 0 Å². The molecular formula is C30H47NO9. The molecule has 4 unspecified atom stereocenters. The molecule has 10 nitrogen and oxygen atoms in total. The number of carboxylic acids is 1. The van der Waals surface area contributed by atoms with Crippen molar-refractivity contribution in [2.45, 2.75) is 105 Å². The molecule has 40 heavy (non-hydrogen) atoms. The van der Waals surface area contributed by atoms with Crippen LogP contribution in [0.15, 0.2) is 18.2 Å². The molecule has 0 bridgehead atoms. The van der Waals surface area contributed by atoms with Gasteiger partial charge in [-0.1, -0.05) is 60.5 Å². The lowest BCUT2D eigenvalue weighted by atomic mass is 9.82. The Hall–Kier alpha value is -3.14. The lowest BCUT2D eigenvalue weighted by Gasteiger charge is -2.29. The average molecular weight is 566 g/mol. The third-order valence-electron chi connectivity index (χ3n) is 7.18. The van der Waals surface area contributed by atoms with E-state index in [0.717, 1.165) is 12.8 Å². The van der Waals surface area contributed by atoms with Gasteiger partial charge in [-0.2, -0.15) is 0 Å². The summed E-state index contributed by atoms with van der Waals surface area (Å²) in [4.78, 5) is 49.3. The number of aliphatic carboxylic acids is 1. The molecule has 0 aromatic heterocycles. The van der Waals surface area contributed by atoms with Gasteiger partial charge in [-0.05, 0) is 55.7 Å². The summed E-state index contributed by atoms with van der Waals surface area (Å²) in [6, 6.07) is 3.12. The van der Waals surface area contributed by atoms with Gasteiger partial charge in [0.2, 0.25) is 0 Å². The second kappa shape index (κ2) is 16.2. The van der Waals surface area contributed by atoms with Crippen molar-refractivity contribution < 1.29 is 43.2 Å². The van der Waals surface area contributed by atoms with E-state index in [0.29, 0.717) is 12.0 Å². The second-order valence-corrected chi connectivity index (χ2v) is 11.2. The van der Waals surface area contributed by atoms with Gasteiger partial charge in [-0.15, -0.1) is 0 Å². The first kappa shape index (κ1) is 34.9. The van der Waals surface area contributed by atoms with Crippen LogP contribution in [0.4, 0.5) is 4.79 Å². The van der Waals surface area contributed by atoms with Gasteiger partial charge in [-0.3, -0.25) is 14.4 Å². The maximum absolute atomic E-state index is 12.7. The summed E-state index contributed by atoms with van der Waals surface area (Å²) >= 11 is 0. The fourth-order valence-corrected chi connectivity index (χ4v) is 3.76. The molecule has 0 aliphatic carbocycles. The molecule has 0 amide bonds. The molecule has 1 aromatic carbocycles. The van der Waals surface area contributed by atoms with E-state index in [1.54, 1.807) is 26.8 Å². The third-order valence-corrected chi connectivity index (χ3v) is 7.18. The molecule has 0 fully saturated rings. The van der Waals surface area contributed by atoms with Crippen molar-refractivity contribution in [3.05, 3.63) is 23.8 Å². The lowest BCUT2D eigenvalue weighted by Crippen LogP contribution is -2.41. The minimum Gasteiger partial charge on any atom is -0.480 e. The van der Waals surface area contributed by atoms with E-state index in [2.05, 4.69) is 0 Å². The summed E-state index contributed by atoms with van der Waals surface area (Å²) in [6.45, 7) is 14.7. The molecule has 0 spiro atoms. The van der Waals surface area contributed by atoms with Crippen LogP contribution in [-0.4, -0.2) is 47.4 Å². The minimum absolute atomic E-state index is 0.0110. The van der Waals surface area contributed by atoms with E-state index < -0.39 is 47.5 Å². The summed E-state index contributed by atoms with van der Waals surface area (Å²) in [5.41, 5.74) is 5.79. The van der Waals surface area contributed by atoms with E-state index in [1.807, 2.05) is 34.6 Å². The van der Waals surface area contributed by atoms with E-state index in [4.69, 9.17) is 24.7 Å². The first-order valence-electron chi connectivity index (χ1n) is 14.0. The maximum Gasteiger partial charge on any atom is 0.508 e. The minimum atomic E-state index is -1.37. The third kappa shape index (κ3) is 11.5. The highest BCUT2D eigenvalue weighted by Crippen LogP contribution is 2.36. The Morgan fingerprint density at radius 1 is 0.900 bits per heavy atom. The average Bonchev–Trinajstić information content (AvgIpc) is 2.88. The van der Waals surface area contributed by atoms with Crippen LogP contribution in [0.3, 0.4) is 0 Å². The van der Waals surface area contributed by atoms with E-state index in [1.165, 1.54) is 12.1 Å². The molecular weight excluding hydrogens is 518 g/mol. The van der Waals surface area contributed by atoms with Crippen molar-refractivity contribution in [2.24, 2.45) is 23.5 Å². The number of rotatable bonds is 16. The molecule has 10 heteroatoms. The predicted octanol–water partition coefficient (Wildman–Crippen LogP) is 5.84. The zero-order valence-electron chi connectivity index (χ0n) is 25.2. The van der Waals surface area contributed by atoms with Crippen LogP contribution in [0.1, 0.15) is 99.0 Å². The van der Waals surface area contributed by atoms with E-state index >= 15 is 0 Å². The Morgan fingerprint density at radius 3 is 1.90 bits per heavy atom. The van der Waals surface area contributed by atoms with Gasteiger partial charge < -0.3 is 29.8 Å². The van der Waals surface area contributed by atoms with Crippen LogP contribution in [0.25, 0.3) is 0 Å². The smallest absolute Gasteiger partial charge is 0.480 e. The zero-order chi connectivity index (χ0) is 30.6. The van der Waals surface area contributed by atoms with Crippen LogP contribution >= 0.6 is 0 Å². The summed E-state index contributed by atoms with van der Waals surface area (Å²) in [7, 11) is 0. The van der Waals surface area contributed by atoms with E-state index in [9.17, 15) is 24.3 Å². The molecule has 0 heterocycles. The van der Waals surface area contributed by atoms with Crippen molar-refractivity contribution in [2.75, 3.05) is 6.61 Å². The van der Waals surface area contributed by atoms with E-state index in [-0.39, 0.29) is 42.8 Å². The fraction of sp³-hybridized carbons (Fsp3) is 0.667. The number of carbonyl (C=O) groups excluding carboxylic acids is 3. The fourth-order valence-electron chi connectivity index (χ4n) is 3.76. The lowest BCUT2D eigenvalue weighted by molar-refractivity contribution is -0.139. The summed E-state index contributed by atoms with van der Waals surface area (Å²) < 4.78 is 21.7. The highest BCUT2D eigenvalue weighted by atomic mass is 16.7. The highest BCUT2D eigenvalue weighted by Gasteiger charge is 2.33. The second-order valence-electron chi connectivity index (χ2n) is 11.2. The SMILES string of the molecule is CCC(C)CC(=O)Oc1ccc(C(C(C)COC(=O)OC(C)(C)CC)[C@H](N)C(=O)O)cc1OC(=O)CC(C)CC. The predicted molar refractivity (Wildman–Crippen MR) is 150 cm³/mol. The molecule has 1 aromatic rings. The van der Waals surface area contributed by atoms with Crippen molar-refractivity contribution in [3.8, 4) is 11.5 Å². The van der Waals surface area contributed by atoms with Crippen LogP contribution in [0.5, 0.6) is 11.5 Å². The van der Waals surface area contributed by atoms with Crippen LogP contribution in [-0.2, 0) is 23.9 Å². The van der Waals surface area contributed by atoms with Gasteiger partial charge in [0.15, 0.2) is 11.5 Å². The van der Waals surface area contributed by atoms with Crippen LogP contribution < -0.4 is 15.2 Å². The van der Waals surface area contributed by atoms with Gasteiger partial charge in [0.1, 0.15) is 11.6 Å². The number of ether oxygens (including phenoxy) is 4. The molecule has 1 rings (SSSR count). The Balaban J connectivity index is 3.35. The number of hydrogen-bond acceptors (Lipinski definition) is 9. The van der Waals surface area contributed by atoms with Crippen molar-refractivity contribution in [3.63, 3.8) is 0 Å². The largest absolute Gasteiger partial charge is 0.508 e. The molecule has 226 valence electrons.